The van der Waals surface area contributed by atoms with Crippen molar-refractivity contribution in [1.29, 1.82) is 15.8 Å². The van der Waals surface area contributed by atoms with Crippen LogP contribution in [0.3, 0.4) is 0 Å². The molecule has 0 bridgehead atoms. The minimum atomic E-state index is -0.250. The molecule has 11 aromatic rings. The van der Waals surface area contributed by atoms with Crippen molar-refractivity contribution < 1.29 is 0 Å². The number of fused-ring (bicyclic) bond motifs is 6. The Bertz CT molecular complexity index is 3790. The highest BCUT2D eigenvalue weighted by molar-refractivity contribution is 7.00. The van der Waals surface area contributed by atoms with E-state index >= 15 is 0 Å². The van der Waals surface area contributed by atoms with Crippen molar-refractivity contribution in [2.45, 2.75) is 0 Å². The maximum absolute atomic E-state index is 10.4. The lowest BCUT2D eigenvalue weighted by Crippen LogP contribution is -2.61. The first-order valence-corrected chi connectivity index (χ1v) is 21.4. The maximum Gasteiger partial charge on any atom is 0.252 e. The molecule has 0 N–H and O–H groups in total. The second-order valence-electron chi connectivity index (χ2n) is 17.0. The molecule has 0 aliphatic carbocycles. The first-order valence-electron chi connectivity index (χ1n) is 21.4. The van der Waals surface area contributed by atoms with E-state index in [2.05, 4.69) is 172 Å². The highest BCUT2D eigenvalue weighted by Crippen LogP contribution is 2.49. The molecule has 0 saturated carbocycles. The van der Waals surface area contributed by atoms with Gasteiger partial charge in [-0.25, -0.2) is 4.85 Å². The van der Waals surface area contributed by atoms with Gasteiger partial charge in [-0.15, -0.1) is 0 Å². The van der Waals surface area contributed by atoms with Gasteiger partial charge >= 0.3 is 0 Å². The Balaban J connectivity index is 1.20. The summed E-state index contributed by atoms with van der Waals surface area (Å²) in [5.41, 5.74) is 11.8. The van der Waals surface area contributed by atoms with Crippen molar-refractivity contribution >= 4 is 117 Å². The van der Waals surface area contributed by atoms with Crippen molar-refractivity contribution in [3.8, 4) is 29.3 Å². The largest absolute Gasteiger partial charge is 0.313 e. The molecule has 0 atom stereocenters. The predicted octanol–water partition coefficient (Wildman–Crippen LogP) is 12.8. The molecular weight excluding hydrogens is 791 g/mol. The zero-order valence-corrected chi connectivity index (χ0v) is 34.5. The Labute approximate surface area is 374 Å². The van der Waals surface area contributed by atoms with E-state index in [0.29, 0.717) is 33.8 Å². The van der Waals surface area contributed by atoms with Crippen molar-refractivity contribution in [2.24, 2.45) is 0 Å². The van der Waals surface area contributed by atoms with Gasteiger partial charge in [0.2, 0.25) is 0 Å². The number of benzene rings is 11. The fourth-order valence-electron chi connectivity index (χ4n) is 10.7. The standard InChI is InChI=1S/C58H29BN6/c1-63-47-18-36(33-62)21-49(30-47)65-53-27-42-10-5-3-8-40(42)25-51(53)59-50-24-39-7-2-4-9-41(39)26-52(50)64(48-19-34(31-60)17-35(20-48)32-61)54-28-46(29-55(65)58(54)59)45-22-43-15-13-37-11-6-12-38-14-16-44(23-45)57(43)56(37)38/h2-30H. The molecule has 11 aromatic carbocycles. The van der Waals surface area contributed by atoms with Gasteiger partial charge in [-0.3, -0.25) is 0 Å². The monoisotopic (exact) mass is 820 g/mol. The van der Waals surface area contributed by atoms with Crippen molar-refractivity contribution in [3.63, 3.8) is 0 Å². The summed E-state index contributed by atoms with van der Waals surface area (Å²) in [4.78, 5) is 8.31. The first kappa shape index (κ1) is 36.3. The second-order valence-corrected chi connectivity index (χ2v) is 17.0. The minimum Gasteiger partial charge on any atom is -0.313 e. The van der Waals surface area contributed by atoms with E-state index in [9.17, 15) is 15.8 Å². The summed E-state index contributed by atoms with van der Waals surface area (Å²) in [5.74, 6) is 0. The average Bonchev–Trinajstić information content (AvgIpc) is 3.36. The van der Waals surface area contributed by atoms with Gasteiger partial charge in [-0.05, 0) is 154 Å². The minimum absolute atomic E-state index is 0.250. The summed E-state index contributed by atoms with van der Waals surface area (Å²) < 4.78 is 0. The van der Waals surface area contributed by atoms with Crippen LogP contribution >= 0.6 is 0 Å². The second kappa shape index (κ2) is 13.6. The molecular formula is C58H29BN6. The highest BCUT2D eigenvalue weighted by Gasteiger charge is 2.44. The summed E-state index contributed by atoms with van der Waals surface area (Å²) in [7, 11) is 0. The van der Waals surface area contributed by atoms with Crippen molar-refractivity contribution in [2.75, 3.05) is 9.80 Å². The normalized spacial score (nSPS) is 12.5. The third kappa shape index (κ3) is 5.32. The van der Waals surface area contributed by atoms with E-state index in [1.807, 2.05) is 24.3 Å². The average molecular weight is 821 g/mol. The molecule has 0 amide bonds. The van der Waals surface area contributed by atoms with Crippen LogP contribution in [0.1, 0.15) is 16.7 Å². The van der Waals surface area contributed by atoms with E-state index in [-0.39, 0.29) is 6.71 Å². The zero-order valence-electron chi connectivity index (χ0n) is 34.5. The van der Waals surface area contributed by atoms with Crippen LogP contribution in [0.2, 0.25) is 0 Å². The molecule has 65 heavy (non-hydrogen) atoms. The van der Waals surface area contributed by atoms with E-state index in [4.69, 9.17) is 6.57 Å². The van der Waals surface area contributed by atoms with Crippen LogP contribution in [0.4, 0.5) is 39.8 Å². The van der Waals surface area contributed by atoms with Crippen LogP contribution in [-0.4, -0.2) is 6.71 Å². The number of hydrogen-bond donors (Lipinski definition) is 0. The summed E-state index contributed by atoms with van der Waals surface area (Å²) in [5, 5.41) is 42.5. The lowest BCUT2D eigenvalue weighted by atomic mass is 9.33. The van der Waals surface area contributed by atoms with Gasteiger partial charge in [-0.2, -0.15) is 15.8 Å². The quantitative estimate of drug-likeness (QED) is 0.101. The van der Waals surface area contributed by atoms with Gasteiger partial charge in [0.15, 0.2) is 5.69 Å². The smallest absolute Gasteiger partial charge is 0.252 e. The van der Waals surface area contributed by atoms with Gasteiger partial charge in [-0.1, -0.05) is 103 Å². The van der Waals surface area contributed by atoms with Crippen LogP contribution in [-0.2, 0) is 0 Å². The Morgan fingerprint density at radius 1 is 0.400 bits per heavy atom. The predicted molar refractivity (Wildman–Crippen MR) is 265 cm³/mol. The summed E-state index contributed by atoms with van der Waals surface area (Å²) >= 11 is 0. The molecule has 6 nitrogen and oxygen atoms in total. The summed E-state index contributed by atoms with van der Waals surface area (Å²) in [6, 6.07) is 67.9. The lowest BCUT2D eigenvalue weighted by molar-refractivity contribution is 1.25. The topological polar surface area (TPSA) is 82.2 Å². The van der Waals surface area contributed by atoms with Crippen LogP contribution in [0.15, 0.2) is 176 Å². The summed E-state index contributed by atoms with van der Waals surface area (Å²) in [6.45, 7) is 7.86. The number of nitriles is 3. The molecule has 2 heterocycles. The fraction of sp³-hybridized carbons (Fsp3) is 0. The molecule has 2 aliphatic heterocycles. The number of anilines is 6. The van der Waals surface area contributed by atoms with Gasteiger partial charge in [0.05, 0.1) is 35.9 Å². The zero-order chi connectivity index (χ0) is 43.5. The molecule has 0 saturated heterocycles. The Morgan fingerprint density at radius 2 is 0.831 bits per heavy atom. The molecule has 0 radical (unpaired) electrons. The Kier molecular flexibility index (Phi) is 7.56. The molecule has 0 fully saturated rings. The Morgan fingerprint density at radius 3 is 1.34 bits per heavy atom. The molecule has 294 valence electrons. The van der Waals surface area contributed by atoms with E-state index < -0.39 is 0 Å². The van der Waals surface area contributed by atoms with Gasteiger partial charge in [0, 0.05) is 39.7 Å². The number of nitrogens with zero attached hydrogens (tertiary/aromatic N) is 6. The molecule has 13 rings (SSSR count). The van der Waals surface area contributed by atoms with Crippen molar-refractivity contribution in [3.05, 3.63) is 204 Å². The van der Waals surface area contributed by atoms with Crippen LogP contribution in [0.5, 0.6) is 0 Å². The fourth-order valence-corrected chi connectivity index (χ4v) is 10.7. The third-order valence-electron chi connectivity index (χ3n) is 13.5. The van der Waals surface area contributed by atoms with E-state index in [1.165, 1.54) is 21.5 Å². The van der Waals surface area contributed by atoms with Gasteiger partial charge in [0.25, 0.3) is 6.71 Å². The SMILES string of the molecule is [C-]#[N+]c1cc(C#N)cc(N2c3cc4ccccc4cc3B3c4cc5ccccc5cc4N(c4cc(C#N)cc(C#N)c4)c4cc(-c5cc6ccc7cccc8ccc(c5)c6c78)cc2c43)c1. The molecule has 7 heteroatoms. The van der Waals surface area contributed by atoms with Crippen LogP contribution in [0.25, 0.3) is 69.8 Å². The van der Waals surface area contributed by atoms with E-state index in [0.717, 1.165) is 82.6 Å². The van der Waals surface area contributed by atoms with E-state index in [1.54, 1.807) is 12.1 Å². The molecule has 0 aromatic heterocycles. The lowest BCUT2D eigenvalue weighted by Gasteiger charge is -2.45. The molecule has 2 aliphatic rings. The Hall–Kier alpha value is -9.40. The number of rotatable bonds is 3. The number of hydrogen-bond acceptors (Lipinski definition) is 5. The van der Waals surface area contributed by atoms with Gasteiger partial charge < -0.3 is 9.80 Å². The highest BCUT2D eigenvalue weighted by atomic mass is 15.2. The first-order chi connectivity index (χ1) is 32.0. The maximum atomic E-state index is 10.4. The van der Waals surface area contributed by atoms with Gasteiger partial charge in [0.1, 0.15) is 0 Å². The van der Waals surface area contributed by atoms with Crippen molar-refractivity contribution in [1.82, 2.24) is 0 Å². The van der Waals surface area contributed by atoms with Crippen LogP contribution in [0, 0.1) is 40.6 Å². The third-order valence-corrected chi connectivity index (χ3v) is 13.5. The summed E-state index contributed by atoms with van der Waals surface area (Å²) in [6.07, 6.45) is 0. The molecule has 0 spiro atoms. The van der Waals surface area contributed by atoms with Crippen LogP contribution < -0.4 is 26.2 Å². The molecule has 0 unspecified atom stereocenters.